The highest BCUT2D eigenvalue weighted by atomic mass is 32.2. The summed E-state index contributed by atoms with van der Waals surface area (Å²) in [6, 6.07) is 9.27. The van der Waals surface area contributed by atoms with Crippen molar-refractivity contribution in [3.63, 3.8) is 0 Å². The van der Waals surface area contributed by atoms with Crippen LogP contribution in [0.4, 0.5) is 13.2 Å². The monoisotopic (exact) mass is 631 g/mol. The van der Waals surface area contributed by atoms with Gasteiger partial charge in [0.25, 0.3) is 11.8 Å². The number of nitrogens with zero attached hydrogens (tertiary/aromatic N) is 1. The minimum atomic E-state index is -4.31. The smallest absolute Gasteiger partial charge is 0.264 e. The second-order valence-corrected chi connectivity index (χ2v) is 14.1. The number of hydrogen-bond acceptors (Lipinski definition) is 6. The third-order valence-electron chi connectivity index (χ3n) is 9.39. The molecule has 0 unspecified atom stereocenters. The van der Waals surface area contributed by atoms with Gasteiger partial charge in [0.15, 0.2) is 5.60 Å². The number of alkyl halides is 2. The van der Waals surface area contributed by atoms with E-state index < -0.39 is 74.7 Å². The Balaban J connectivity index is 1.39. The lowest BCUT2D eigenvalue weighted by atomic mass is 9.70. The quantitative estimate of drug-likeness (QED) is 0.431. The molecule has 5 atom stereocenters. The third kappa shape index (κ3) is 4.90. The molecule has 0 aromatic heterocycles. The van der Waals surface area contributed by atoms with Crippen LogP contribution < -0.4 is 10.6 Å². The summed E-state index contributed by atoms with van der Waals surface area (Å²) >= 11 is 0. The van der Waals surface area contributed by atoms with Crippen molar-refractivity contribution in [3.05, 3.63) is 70.9 Å². The van der Waals surface area contributed by atoms with Crippen LogP contribution in [0.15, 0.2) is 59.8 Å². The van der Waals surface area contributed by atoms with Gasteiger partial charge in [-0.2, -0.15) is 4.39 Å². The van der Waals surface area contributed by atoms with Gasteiger partial charge in [-0.3, -0.25) is 14.4 Å². The predicted molar refractivity (Wildman–Crippen MR) is 153 cm³/mol. The second-order valence-electron chi connectivity index (χ2n) is 12.1. The minimum absolute atomic E-state index is 0.0750. The lowest BCUT2D eigenvalue weighted by Gasteiger charge is -2.55. The number of sulfone groups is 1. The Hall–Kier alpha value is -3.71. The number of benzene rings is 2. The van der Waals surface area contributed by atoms with Crippen LogP contribution in [0.25, 0.3) is 11.1 Å². The second kappa shape index (κ2) is 10.7. The molecule has 234 valence electrons. The Morgan fingerprint density at radius 2 is 1.70 bits per heavy atom. The molecule has 3 saturated heterocycles. The lowest BCUT2D eigenvalue weighted by molar-refractivity contribution is -0.201. The standard InChI is InChI=1S/C31H32F3N3O6S/c1-44(42,43)25(32)15-18(14-17-12-13-35-27(17)38)36-28(39)26-24-11-10-19(16-30(24,33)34)37(26)29(40)31(41)22-8-4-2-6-20(22)21-7-3-5-9-23(21)31/h2-9,15,17-19,24,26,41H,10-14,16H2,1H3,(H,35,38)(H,36,39)/b25-15-/t17-,18-,19-,24-,26+/m1/s1. The van der Waals surface area contributed by atoms with Crippen LogP contribution in [0.2, 0.25) is 0 Å². The van der Waals surface area contributed by atoms with Gasteiger partial charge in [-0.15, -0.1) is 0 Å². The van der Waals surface area contributed by atoms with E-state index in [0.717, 1.165) is 4.90 Å². The van der Waals surface area contributed by atoms with Crippen molar-refractivity contribution in [1.82, 2.24) is 15.5 Å². The summed E-state index contributed by atoms with van der Waals surface area (Å²) < 4.78 is 69.1. The maximum absolute atomic E-state index is 15.4. The molecule has 2 aromatic carbocycles. The zero-order valence-electron chi connectivity index (χ0n) is 23.8. The van der Waals surface area contributed by atoms with Crippen molar-refractivity contribution in [2.75, 3.05) is 12.8 Å². The van der Waals surface area contributed by atoms with E-state index in [2.05, 4.69) is 10.6 Å². The highest BCUT2D eigenvalue weighted by Gasteiger charge is 2.63. The summed E-state index contributed by atoms with van der Waals surface area (Å²) in [5.41, 5.74) is -0.529. The molecule has 4 fully saturated rings. The number of fused-ring (bicyclic) bond motifs is 6. The highest BCUT2D eigenvalue weighted by Crippen LogP contribution is 2.53. The van der Waals surface area contributed by atoms with Crippen molar-refractivity contribution in [3.8, 4) is 11.1 Å². The molecule has 13 heteroatoms. The molecule has 44 heavy (non-hydrogen) atoms. The first-order valence-corrected chi connectivity index (χ1v) is 16.4. The first kappa shape index (κ1) is 30.3. The fourth-order valence-electron chi connectivity index (χ4n) is 7.32. The molecule has 2 aromatic rings. The lowest BCUT2D eigenvalue weighted by Crippen LogP contribution is -2.70. The van der Waals surface area contributed by atoms with Crippen molar-refractivity contribution >= 4 is 27.6 Å². The van der Waals surface area contributed by atoms with Crippen molar-refractivity contribution in [2.45, 2.75) is 61.8 Å². The number of piperidine rings is 2. The van der Waals surface area contributed by atoms with E-state index in [-0.39, 0.29) is 36.3 Å². The van der Waals surface area contributed by atoms with Crippen LogP contribution in [0, 0.1) is 11.8 Å². The molecule has 0 spiro atoms. The SMILES string of the molecule is CS(=O)(=O)/C(F)=C\[C@@H](C[C@H]1CCNC1=O)NC(=O)[C@@H]1[C@H]2CC[C@H](CC2(F)F)N1C(=O)C1(O)c2ccccc2-c2ccccc21. The van der Waals surface area contributed by atoms with Gasteiger partial charge in [0.05, 0.1) is 12.0 Å². The van der Waals surface area contributed by atoms with Crippen molar-refractivity contribution in [2.24, 2.45) is 11.8 Å². The van der Waals surface area contributed by atoms with Gasteiger partial charge in [0, 0.05) is 42.3 Å². The molecule has 3 N–H and O–H groups in total. The number of amides is 3. The van der Waals surface area contributed by atoms with Crippen LogP contribution >= 0.6 is 0 Å². The Morgan fingerprint density at radius 3 is 2.25 bits per heavy atom. The fourth-order valence-corrected chi connectivity index (χ4v) is 7.73. The molecule has 3 heterocycles. The summed E-state index contributed by atoms with van der Waals surface area (Å²) in [5.74, 6) is -7.94. The molecule has 1 saturated carbocycles. The van der Waals surface area contributed by atoms with Gasteiger partial charge >= 0.3 is 0 Å². The highest BCUT2D eigenvalue weighted by molar-refractivity contribution is 7.94. The molecule has 0 radical (unpaired) electrons. The Labute approximate surface area is 252 Å². The minimum Gasteiger partial charge on any atom is -0.372 e. The molecule has 3 amide bonds. The van der Waals surface area contributed by atoms with Gasteiger partial charge in [-0.1, -0.05) is 48.5 Å². The predicted octanol–water partition coefficient (Wildman–Crippen LogP) is 2.78. The van der Waals surface area contributed by atoms with Gasteiger partial charge in [0.2, 0.25) is 26.8 Å². The van der Waals surface area contributed by atoms with E-state index in [0.29, 0.717) is 36.4 Å². The van der Waals surface area contributed by atoms with Crippen molar-refractivity contribution in [1.29, 1.82) is 0 Å². The van der Waals surface area contributed by atoms with E-state index >= 15 is 8.78 Å². The normalized spacial score (nSPS) is 27.3. The Morgan fingerprint density at radius 1 is 1.09 bits per heavy atom. The molecule has 3 aliphatic heterocycles. The summed E-state index contributed by atoms with van der Waals surface area (Å²) in [6.45, 7) is 0.338. The molecule has 2 aliphatic carbocycles. The largest absolute Gasteiger partial charge is 0.372 e. The Bertz CT molecular complexity index is 1630. The number of halogens is 3. The van der Waals surface area contributed by atoms with Crippen LogP contribution in [-0.2, 0) is 29.8 Å². The number of carbonyl (C=O) groups is 3. The number of hydrogen-bond donors (Lipinski definition) is 3. The zero-order valence-corrected chi connectivity index (χ0v) is 24.6. The van der Waals surface area contributed by atoms with Crippen molar-refractivity contribution < 1.29 is 41.1 Å². The summed E-state index contributed by atoms with van der Waals surface area (Å²) in [6.07, 6.45) is 0.872. The topological polar surface area (TPSA) is 133 Å². The number of rotatable bonds is 7. The molecule has 2 bridgehead atoms. The number of aliphatic hydroxyl groups is 1. The first-order valence-electron chi connectivity index (χ1n) is 14.5. The third-order valence-corrected chi connectivity index (χ3v) is 10.2. The molecular formula is C31H32F3N3O6S. The first-order chi connectivity index (χ1) is 20.7. The van der Waals surface area contributed by atoms with E-state index in [1.165, 1.54) is 0 Å². The average Bonchev–Trinajstić information content (AvgIpc) is 3.50. The molecule has 7 rings (SSSR count). The summed E-state index contributed by atoms with van der Waals surface area (Å²) in [4.78, 5) is 41.8. The van der Waals surface area contributed by atoms with Gasteiger partial charge in [0.1, 0.15) is 6.04 Å². The van der Waals surface area contributed by atoms with Crippen LogP contribution in [0.1, 0.15) is 43.2 Å². The Kier molecular flexibility index (Phi) is 7.39. The molecular weight excluding hydrogens is 599 g/mol. The number of carbonyl (C=O) groups excluding carboxylic acids is 3. The summed E-state index contributed by atoms with van der Waals surface area (Å²) in [7, 11) is -4.31. The van der Waals surface area contributed by atoms with Gasteiger partial charge in [-0.05, 0) is 42.9 Å². The van der Waals surface area contributed by atoms with Crippen LogP contribution in [0.5, 0.6) is 0 Å². The van der Waals surface area contributed by atoms with Gasteiger partial charge < -0.3 is 20.6 Å². The maximum atomic E-state index is 15.4. The van der Waals surface area contributed by atoms with E-state index in [1.54, 1.807) is 48.5 Å². The van der Waals surface area contributed by atoms with E-state index in [1.807, 2.05) is 0 Å². The van der Waals surface area contributed by atoms with Gasteiger partial charge in [-0.25, -0.2) is 17.2 Å². The maximum Gasteiger partial charge on any atom is 0.264 e. The average molecular weight is 632 g/mol. The van der Waals surface area contributed by atoms with Crippen LogP contribution in [-0.4, -0.2) is 73.0 Å². The fraction of sp³-hybridized carbons (Fsp3) is 0.452. The summed E-state index contributed by atoms with van der Waals surface area (Å²) in [5, 5.41) is 15.8. The van der Waals surface area contributed by atoms with E-state index in [9.17, 15) is 32.3 Å². The molecule has 9 nitrogen and oxygen atoms in total. The zero-order chi connectivity index (χ0) is 31.6. The number of nitrogens with one attached hydrogen (secondary N) is 2. The van der Waals surface area contributed by atoms with E-state index in [4.69, 9.17) is 0 Å². The molecule has 5 aliphatic rings. The van der Waals surface area contributed by atoms with Crippen LogP contribution in [0.3, 0.4) is 0 Å².